The monoisotopic (exact) mass is 425 g/mol. The van der Waals surface area contributed by atoms with Gasteiger partial charge in [-0.2, -0.15) is 0 Å². The van der Waals surface area contributed by atoms with Crippen molar-refractivity contribution in [3.05, 3.63) is 23.8 Å². The van der Waals surface area contributed by atoms with E-state index >= 15 is 0 Å². The molecule has 0 saturated carbocycles. The lowest BCUT2D eigenvalue weighted by atomic mass is 10.1. The van der Waals surface area contributed by atoms with Crippen molar-refractivity contribution >= 4 is 16.8 Å². The van der Waals surface area contributed by atoms with Crippen LogP contribution >= 0.6 is 0 Å². The third kappa shape index (κ3) is 9.07. The van der Waals surface area contributed by atoms with Crippen molar-refractivity contribution < 1.29 is 13.7 Å². The molecule has 29 heavy (non-hydrogen) atoms. The number of nitrogens with zero attached hydrogens (tertiary/aromatic N) is 1. The fourth-order valence-electron chi connectivity index (χ4n) is 2.50. The second kappa shape index (κ2) is 12.7. The highest BCUT2D eigenvalue weighted by Crippen LogP contribution is 2.31. The van der Waals surface area contributed by atoms with Gasteiger partial charge in [-0.15, -0.1) is 0 Å². The Labute approximate surface area is 179 Å². The molecule has 0 aromatic heterocycles. The van der Waals surface area contributed by atoms with Gasteiger partial charge < -0.3 is 20.1 Å². The number of nitrogens with one attached hydrogen (secondary N) is 2. The van der Waals surface area contributed by atoms with Crippen LogP contribution in [0.25, 0.3) is 0 Å². The number of benzene rings is 1. The van der Waals surface area contributed by atoms with Crippen LogP contribution in [-0.2, 0) is 10.8 Å². The fraction of sp³-hybridized carbons (Fsp3) is 0.682. The number of hydrogen-bond donors (Lipinski definition) is 2. The highest BCUT2D eigenvalue weighted by atomic mass is 32.2. The summed E-state index contributed by atoms with van der Waals surface area (Å²) < 4.78 is 23.7. The van der Waals surface area contributed by atoms with Gasteiger partial charge in [0.15, 0.2) is 17.5 Å². The molecule has 0 radical (unpaired) electrons. The minimum Gasteiger partial charge on any atom is -0.490 e. The topological polar surface area (TPSA) is 72.0 Å². The first kappa shape index (κ1) is 25.3. The molecule has 0 fully saturated rings. The molecule has 7 heteroatoms. The lowest BCUT2D eigenvalue weighted by molar-refractivity contribution is 0.268. The van der Waals surface area contributed by atoms with Gasteiger partial charge >= 0.3 is 0 Å². The summed E-state index contributed by atoms with van der Waals surface area (Å²) >= 11 is 0. The van der Waals surface area contributed by atoms with E-state index < -0.39 is 10.8 Å². The van der Waals surface area contributed by atoms with E-state index in [4.69, 9.17) is 9.47 Å². The normalized spacial score (nSPS) is 14.2. The summed E-state index contributed by atoms with van der Waals surface area (Å²) in [5, 5.41) is 6.64. The van der Waals surface area contributed by atoms with Gasteiger partial charge in [-0.3, -0.25) is 9.20 Å². The predicted octanol–water partition coefficient (Wildman–Crippen LogP) is 4.04. The van der Waals surface area contributed by atoms with E-state index in [1.54, 1.807) is 7.05 Å². The molecule has 0 saturated heterocycles. The standard InChI is InChI=1S/C22H39N3O3S/c1-8-13-27-19-11-10-18(16-20(19)28-14-9-2)17(3)25-21(23-7)24-12-15-29(26)22(4,5)6/h10-11,16-17H,8-9,12-15H2,1-7H3,(H2,23,24,25). The second-order valence-electron chi connectivity index (χ2n) is 7.93. The molecule has 6 nitrogen and oxygen atoms in total. The lowest BCUT2D eigenvalue weighted by Gasteiger charge is -2.21. The number of rotatable bonds is 11. The molecular formula is C22H39N3O3S. The van der Waals surface area contributed by atoms with Gasteiger partial charge in [0, 0.05) is 34.9 Å². The van der Waals surface area contributed by atoms with Gasteiger partial charge in [0.2, 0.25) is 0 Å². The number of hydrogen-bond acceptors (Lipinski definition) is 4. The Morgan fingerprint density at radius 3 is 2.31 bits per heavy atom. The van der Waals surface area contributed by atoms with Crippen molar-refractivity contribution in [1.29, 1.82) is 0 Å². The highest BCUT2D eigenvalue weighted by Gasteiger charge is 2.19. The molecule has 1 aromatic rings. The van der Waals surface area contributed by atoms with Crippen LogP contribution in [0.3, 0.4) is 0 Å². The fourth-order valence-corrected chi connectivity index (χ4v) is 3.40. The molecule has 1 aromatic carbocycles. The molecular weight excluding hydrogens is 386 g/mol. The molecule has 0 aliphatic rings. The van der Waals surface area contributed by atoms with Crippen molar-refractivity contribution in [1.82, 2.24) is 10.6 Å². The van der Waals surface area contributed by atoms with Crippen LogP contribution in [0.5, 0.6) is 11.5 Å². The second-order valence-corrected chi connectivity index (χ2v) is 10.3. The van der Waals surface area contributed by atoms with Crippen LogP contribution in [-0.4, -0.2) is 47.5 Å². The van der Waals surface area contributed by atoms with E-state index in [1.165, 1.54) is 0 Å². The zero-order valence-electron chi connectivity index (χ0n) is 19.1. The average Bonchev–Trinajstić information content (AvgIpc) is 2.69. The minimum atomic E-state index is -0.892. The third-order valence-electron chi connectivity index (χ3n) is 4.23. The lowest BCUT2D eigenvalue weighted by Crippen LogP contribution is -2.41. The van der Waals surface area contributed by atoms with E-state index in [-0.39, 0.29) is 10.8 Å². The largest absolute Gasteiger partial charge is 0.490 e. The summed E-state index contributed by atoms with van der Waals surface area (Å²) in [7, 11) is 0.844. The van der Waals surface area contributed by atoms with Gasteiger partial charge in [-0.05, 0) is 58.2 Å². The van der Waals surface area contributed by atoms with Crippen molar-refractivity contribution in [3.8, 4) is 11.5 Å². The summed E-state index contributed by atoms with van der Waals surface area (Å²) in [5.74, 6) is 2.82. The molecule has 0 amide bonds. The summed E-state index contributed by atoms with van der Waals surface area (Å²) in [4.78, 5) is 4.28. The van der Waals surface area contributed by atoms with Crippen LogP contribution in [0.4, 0.5) is 0 Å². The van der Waals surface area contributed by atoms with Gasteiger partial charge in [-0.25, -0.2) is 0 Å². The molecule has 2 unspecified atom stereocenters. The number of guanidine groups is 1. The van der Waals surface area contributed by atoms with Crippen LogP contribution in [0.1, 0.15) is 66.0 Å². The molecule has 0 bridgehead atoms. The molecule has 2 N–H and O–H groups in total. The van der Waals surface area contributed by atoms with Gasteiger partial charge in [0.1, 0.15) is 0 Å². The number of aliphatic imine (C=N–C) groups is 1. The Hall–Kier alpha value is -1.76. The van der Waals surface area contributed by atoms with E-state index in [0.29, 0.717) is 31.5 Å². The van der Waals surface area contributed by atoms with E-state index in [2.05, 4.69) is 36.4 Å². The van der Waals surface area contributed by atoms with Crippen molar-refractivity contribution in [2.24, 2.45) is 4.99 Å². The Kier molecular flexibility index (Phi) is 11.1. The van der Waals surface area contributed by atoms with Crippen molar-refractivity contribution in [2.45, 2.75) is 65.2 Å². The maximum absolute atomic E-state index is 12.2. The maximum Gasteiger partial charge on any atom is 0.191 e. The van der Waals surface area contributed by atoms with Gasteiger partial charge in [0.05, 0.1) is 19.3 Å². The SMILES string of the molecule is CCCOc1ccc(C(C)NC(=NC)NCCS(=O)C(C)(C)C)cc1OCCC. The predicted molar refractivity (Wildman–Crippen MR) is 124 cm³/mol. The van der Waals surface area contributed by atoms with Crippen LogP contribution in [0.15, 0.2) is 23.2 Å². The third-order valence-corrected chi connectivity index (χ3v) is 6.17. The maximum atomic E-state index is 12.2. The first-order valence-electron chi connectivity index (χ1n) is 10.5. The molecule has 166 valence electrons. The zero-order valence-corrected chi connectivity index (χ0v) is 19.9. The van der Waals surface area contributed by atoms with E-state index in [1.807, 2.05) is 39.0 Å². The Morgan fingerprint density at radius 1 is 1.14 bits per heavy atom. The van der Waals surface area contributed by atoms with Crippen molar-refractivity contribution in [3.63, 3.8) is 0 Å². The summed E-state index contributed by atoms with van der Waals surface area (Å²) in [6.45, 7) is 14.1. The van der Waals surface area contributed by atoms with Crippen molar-refractivity contribution in [2.75, 3.05) is 32.6 Å². The highest BCUT2D eigenvalue weighted by molar-refractivity contribution is 7.86. The summed E-state index contributed by atoms with van der Waals surface area (Å²) in [6, 6.07) is 6.07. The smallest absolute Gasteiger partial charge is 0.191 e. The average molecular weight is 426 g/mol. The minimum absolute atomic E-state index is 0.0264. The van der Waals surface area contributed by atoms with Crippen LogP contribution < -0.4 is 20.1 Å². The van der Waals surface area contributed by atoms with E-state index in [0.717, 1.165) is 29.9 Å². The number of ether oxygens (including phenoxy) is 2. The first-order chi connectivity index (χ1) is 13.7. The van der Waals surface area contributed by atoms with Gasteiger partial charge in [0.25, 0.3) is 0 Å². The van der Waals surface area contributed by atoms with Crippen LogP contribution in [0, 0.1) is 0 Å². The summed E-state index contributed by atoms with van der Waals surface area (Å²) in [6.07, 6.45) is 1.90. The van der Waals surface area contributed by atoms with E-state index in [9.17, 15) is 4.21 Å². The van der Waals surface area contributed by atoms with Gasteiger partial charge in [-0.1, -0.05) is 19.9 Å². The quantitative estimate of drug-likeness (QED) is 0.414. The Morgan fingerprint density at radius 2 is 1.76 bits per heavy atom. The molecule has 1 rings (SSSR count). The molecule has 0 aliphatic heterocycles. The van der Waals surface area contributed by atoms with Crippen LogP contribution in [0.2, 0.25) is 0 Å². The Balaban J connectivity index is 2.75. The molecule has 2 atom stereocenters. The summed E-state index contributed by atoms with van der Waals surface area (Å²) in [5.41, 5.74) is 1.08. The first-order valence-corrected chi connectivity index (χ1v) is 11.8. The molecule has 0 heterocycles. The molecule has 0 spiro atoms. The Bertz CT molecular complexity index is 672. The zero-order chi connectivity index (χ0) is 21.9. The molecule has 0 aliphatic carbocycles.